The van der Waals surface area contributed by atoms with Crippen molar-refractivity contribution in [1.82, 2.24) is 24.1 Å². The molecule has 3 rings (SSSR count). The average Bonchev–Trinajstić information content (AvgIpc) is 2.89. The van der Waals surface area contributed by atoms with Gasteiger partial charge in [-0.1, -0.05) is 0 Å². The molecule has 7 nitrogen and oxygen atoms in total. The summed E-state index contributed by atoms with van der Waals surface area (Å²) in [6.07, 6.45) is 4.13. The first kappa shape index (κ1) is 16.9. The lowest BCUT2D eigenvalue weighted by atomic mass is 9.99. The van der Waals surface area contributed by atoms with Crippen LogP contribution in [0.15, 0.2) is 11.2 Å². The van der Waals surface area contributed by atoms with Gasteiger partial charge in [-0.3, -0.25) is 0 Å². The number of imidazole rings is 1. The second kappa shape index (κ2) is 6.88. The third-order valence-electron chi connectivity index (χ3n) is 4.94. The van der Waals surface area contributed by atoms with Crippen LogP contribution in [0.1, 0.15) is 18.7 Å². The maximum absolute atomic E-state index is 12.7. The normalized spacial score (nSPS) is 24.9. The Morgan fingerprint density at radius 1 is 1.30 bits per heavy atom. The number of piperidine rings is 1. The Balaban J connectivity index is 1.57. The third kappa shape index (κ3) is 3.76. The van der Waals surface area contributed by atoms with E-state index < -0.39 is 10.0 Å². The van der Waals surface area contributed by atoms with Gasteiger partial charge in [0.25, 0.3) is 10.0 Å². The molecule has 1 aromatic rings. The molecule has 1 aromatic heterocycles. The predicted molar refractivity (Wildman–Crippen MR) is 88.7 cm³/mol. The van der Waals surface area contributed by atoms with Gasteiger partial charge in [0.2, 0.25) is 0 Å². The minimum absolute atomic E-state index is 0.169. The number of hydrogen-bond acceptors (Lipinski definition) is 5. The van der Waals surface area contributed by atoms with Crippen molar-refractivity contribution < 1.29 is 8.42 Å². The lowest BCUT2D eigenvalue weighted by molar-refractivity contribution is 0.154. The highest BCUT2D eigenvalue weighted by molar-refractivity contribution is 7.89. The van der Waals surface area contributed by atoms with Crippen molar-refractivity contribution in [3.05, 3.63) is 12.0 Å². The van der Waals surface area contributed by atoms with E-state index in [1.54, 1.807) is 15.1 Å². The van der Waals surface area contributed by atoms with E-state index >= 15 is 0 Å². The van der Waals surface area contributed by atoms with Crippen LogP contribution in [0.5, 0.6) is 0 Å². The van der Waals surface area contributed by atoms with Gasteiger partial charge in [0.15, 0.2) is 5.03 Å². The lowest BCUT2D eigenvalue weighted by Crippen LogP contribution is -2.50. The maximum Gasteiger partial charge on any atom is 0.262 e. The van der Waals surface area contributed by atoms with Crippen molar-refractivity contribution in [3.63, 3.8) is 0 Å². The van der Waals surface area contributed by atoms with E-state index in [4.69, 9.17) is 0 Å². The van der Waals surface area contributed by atoms with E-state index in [2.05, 4.69) is 15.2 Å². The molecule has 0 amide bonds. The van der Waals surface area contributed by atoms with Crippen LogP contribution in [0.3, 0.4) is 0 Å². The molecule has 1 N–H and O–H groups in total. The number of nitrogens with one attached hydrogen (secondary N) is 1. The fourth-order valence-corrected chi connectivity index (χ4v) is 4.83. The molecule has 23 heavy (non-hydrogen) atoms. The van der Waals surface area contributed by atoms with Crippen LogP contribution in [0.4, 0.5) is 0 Å². The molecule has 0 aromatic carbocycles. The Labute approximate surface area is 138 Å². The topological polar surface area (TPSA) is 70.5 Å². The summed E-state index contributed by atoms with van der Waals surface area (Å²) >= 11 is 0. The molecule has 0 bridgehead atoms. The first-order chi connectivity index (χ1) is 11.0. The molecular weight excluding hydrogens is 314 g/mol. The average molecular weight is 341 g/mol. The Hall–Kier alpha value is -0.960. The van der Waals surface area contributed by atoms with E-state index in [-0.39, 0.29) is 5.03 Å². The second-order valence-corrected chi connectivity index (χ2v) is 8.54. The van der Waals surface area contributed by atoms with Crippen molar-refractivity contribution in [3.8, 4) is 0 Å². The molecule has 8 heteroatoms. The third-order valence-corrected chi connectivity index (χ3v) is 6.71. The highest BCUT2D eigenvalue weighted by Crippen LogP contribution is 2.18. The largest absolute Gasteiger partial charge is 0.337 e. The second-order valence-electron chi connectivity index (χ2n) is 6.65. The van der Waals surface area contributed by atoms with Crippen LogP contribution < -0.4 is 5.32 Å². The van der Waals surface area contributed by atoms with Crippen molar-refractivity contribution in [2.24, 2.45) is 13.0 Å². The molecule has 1 unspecified atom stereocenters. The summed E-state index contributed by atoms with van der Waals surface area (Å²) in [6.45, 7) is 7.83. The van der Waals surface area contributed by atoms with Gasteiger partial charge < -0.3 is 14.8 Å². The number of sulfonamides is 1. The highest BCUT2D eigenvalue weighted by Gasteiger charge is 2.31. The Morgan fingerprint density at radius 2 is 2.04 bits per heavy atom. The summed E-state index contributed by atoms with van der Waals surface area (Å²) in [5.74, 6) is 1.41. The molecule has 1 atom stereocenters. The van der Waals surface area contributed by atoms with Crippen molar-refractivity contribution in [2.75, 3.05) is 45.8 Å². The zero-order chi connectivity index (χ0) is 16.4. The highest BCUT2D eigenvalue weighted by atomic mass is 32.2. The van der Waals surface area contributed by atoms with Gasteiger partial charge in [-0.05, 0) is 38.8 Å². The van der Waals surface area contributed by atoms with Gasteiger partial charge in [0.1, 0.15) is 5.82 Å². The van der Waals surface area contributed by atoms with Crippen LogP contribution in [-0.4, -0.2) is 73.0 Å². The number of rotatable bonds is 4. The molecule has 2 fully saturated rings. The van der Waals surface area contributed by atoms with Crippen LogP contribution in [0.25, 0.3) is 0 Å². The summed E-state index contributed by atoms with van der Waals surface area (Å²) in [6, 6.07) is 0. The van der Waals surface area contributed by atoms with Crippen LogP contribution in [0.2, 0.25) is 0 Å². The summed E-state index contributed by atoms with van der Waals surface area (Å²) in [5.41, 5.74) is 0. The van der Waals surface area contributed by atoms with E-state index in [0.29, 0.717) is 24.8 Å². The van der Waals surface area contributed by atoms with Crippen molar-refractivity contribution in [2.45, 2.75) is 24.8 Å². The van der Waals surface area contributed by atoms with E-state index in [1.807, 2.05) is 14.0 Å². The van der Waals surface area contributed by atoms with Crippen molar-refractivity contribution in [1.29, 1.82) is 0 Å². The molecule has 2 aliphatic rings. The standard InChI is InChI=1S/C15H27N5O2S/c1-13-17-15(12-18(13)2)23(21,22)20-8-6-19(7-9-20)11-14-4-3-5-16-10-14/h12,14,16H,3-11H2,1-2H3. The van der Waals surface area contributed by atoms with Crippen LogP contribution >= 0.6 is 0 Å². The predicted octanol–water partition coefficient (Wildman–Crippen LogP) is 0.0344. The molecule has 2 aliphatic heterocycles. The van der Waals surface area contributed by atoms with E-state index in [1.165, 1.54) is 12.8 Å². The van der Waals surface area contributed by atoms with Gasteiger partial charge in [0, 0.05) is 46.0 Å². The summed E-state index contributed by atoms with van der Waals surface area (Å²) in [7, 11) is -1.64. The quantitative estimate of drug-likeness (QED) is 0.837. The molecule has 0 aliphatic carbocycles. The maximum atomic E-state index is 12.7. The van der Waals surface area contributed by atoms with Gasteiger partial charge in [-0.15, -0.1) is 0 Å². The first-order valence-corrected chi connectivity index (χ1v) is 9.84. The first-order valence-electron chi connectivity index (χ1n) is 8.40. The van der Waals surface area contributed by atoms with Gasteiger partial charge >= 0.3 is 0 Å². The Morgan fingerprint density at radius 3 is 2.61 bits per heavy atom. The SMILES string of the molecule is Cc1nc(S(=O)(=O)N2CCN(CC3CCCNC3)CC2)cn1C. The summed E-state index contributed by atoms with van der Waals surface area (Å²) < 4.78 is 28.7. The molecule has 0 spiro atoms. The lowest BCUT2D eigenvalue weighted by Gasteiger charge is -2.36. The molecule has 0 radical (unpaired) electrons. The van der Waals surface area contributed by atoms with E-state index in [0.717, 1.165) is 32.7 Å². The molecule has 3 heterocycles. The van der Waals surface area contributed by atoms with E-state index in [9.17, 15) is 8.42 Å². The molecular formula is C15H27N5O2S. The van der Waals surface area contributed by atoms with Crippen LogP contribution in [0, 0.1) is 12.8 Å². The molecule has 130 valence electrons. The zero-order valence-electron chi connectivity index (χ0n) is 14.0. The molecule has 2 saturated heterocycles. The molecule has 0 saturated carbocycles. The number of hydrogen-bond donors (Lipinski definition) is 1. The fourth-order valence-electron chi connectivity index (χ4n) is 3.38. The number of nitrogens with zero attached hydrogens (tertiary/aromatic N) is 4. The number of aromatic nitrogens is 2. The van der Waals surface area contributed by atoms with Crippen LogP contribution in [-0.2, 0) is 17.1 Å². The number of aryl methyl sites for hydroxylation is 2. The minimum atomic E-state index is -3.46. The zero-order valence-corrected chi connectivity index (χ0v) is 14.8. The van der Waals surface area contributed by atoms with Gasteiger partial charge in [-0.25, -0.2) is 13.4 Å². The van der Waals surface area contributed by atoms with Gasteiger partial charge in [0.05, 0.1) is 0 Å². The summed E-state index contributed by atoms with van der Waals surface area (Å²) in [4.78, 5) is 6.58. The minimum Gasteiger partial charge on any atom is -0.337 e. The Kier molecular flexibility index (Phi) is 5.05. The monoisotopic (exact) mass is 341 g/mol. The Bertz CT molecular complexity index is 609. The van der Waals surface area contributed by atoms with Crippen molar-refractivity contribution >= 4 is 10.0 Å². The van der Waals surface area contributed by atoms with Gasteiger partial charge in [-0.2, -0.15) is 4.31 Å². The smallest absolute Gasteiger partial charge is 0.262 e. The number of piperazine rings is 1. The fraction of sp³-hybridized carbons (Fsp3) is 0.800. The summed E-state index contributed by atoms with van der Waals surface area (Å²) in [5, 5.41) is 3.61.